The number of nitrogens with one attached hydrogen (secondary N) is 1. The maximum absolute atomic E-state index is 12.8. The van der Waals surface area contributed by atoms with E-state index in [2.05, 4.69) is 5.32 Å². The van der Waals surface area contributed by atoms with Gasteiger partial charge in [-0.25, -0.2) is 0 Å². The molecule has 6 heteroatoms. The molecule has 21 heavy (non-hydrogen) atoms. The van der Waals surface area contributed by atoms with Gasteiger partial charge in [-0.1, -0.05) is 24.6 Å². The van der Waals surface area contributed by atoms with E-state index in [1.54, 1.807) is 6.07 Å². The van der Waals surface area contributed by atoms with Crippen LogP contribution in [0.3, 0.4) is 0 Å². The van der Waals surface area contributed by atoms with Crippen LogP contribution in [-0.2, 0) is 11.0 Å². The van der Waals surface area contributed by atoms with Crippen molar-refractivity contribution in [1.82, 2.24) is 5.32 Å². The van der Waals surface area contributed by atoms with Crippen LogP contribution in [0.1, 0.15) is 42.7 Å². The van der Waals surface area contributed by atoms with E-state index in [0.29, 0.717) is 12.0 Å². The van der Waals surface area contributed by atoms with Crippen LogP contribution in [0.5, 0.6) is 0 Å². The highest BCUT2D eigenvalue weighted by atomic mass is 19.4. The van der Waals surface area contributed by atoms with Crippen LogP contribution in [0.4, 0.5) is 13.2 Å². The summed E-state index contributed by atoms with van der Waals surface area (Å²) in [6.45, 7) is -0.0648. The van der Waals surface area contributed by atoms with Crippen LogP contribution in [0.15, 0.2) is 24.3 Å². The fourth-order valence-electron chi connectivity index (χ4n) is 2.88. The molecule has 1 aromatic rings. The third kappa shape index (κ3) is 4.20. The quantitative estimate of drug-likeness (QED) is 0.902. The largest absolute Gasteiger partial charge is 0.416 e. The number of hydrogen-bond acceptors (Lipinski definition) is 2. The van der Waals surface area contributed by atoms with E-state index >= 15 is 0 Å². The number of nitrogens with two attached hydrogens (primary N) is 1. The van der Waals surface area contributed by atoms with Gasteiger partial charge in [0.05, 0.1) is 12.1 Å². The second-order valence-electron chi connectivity index (χ2n) is 5.46. The van der Waals surface area contributed by atoms with E-state index in [-0.39, 0.29) is 24.4 Å². The van der Waals surface area contributed by atoms with E-state index in [0.717, 1.165) is 25.3 Å². The van der Waals surface area contributed by atoms with Crippen LogP contribution in [0, 0.1) is 0 Å². The molecule has 3 nitrogen and oxygen atoms in total. The molecule has 1 fully saturated rings. The van der Waals surface area contributed by atoms with Gasteiger partial charge in [-0.05, 0) is 36.8 Å². The molecular formula is C15H19F3N2O. The molecule has 0 aliphatic heterocycles. The first kappa shape index (κ1) is 15.8. The van der Waals surface area contributed by atoms with E-state index < -0.39 is 11.7 Å². The summed E-state index contributed by atoms with van der Waals surface area (Å²) in [6.07, 6.45) is -1.08. The fourth-order valence-corrected chi connectivity index (χ4v) is 2.88. The topological polar surface area (TPSA) is 55.1 Å². The van der Waals surface area contributed by atoms with Gasteiger partial charge >= 0.3 is 6.18 Å². The number of carbonyl (C=O) groups excluding carboxylic acids is 1. The molecule has 2 unspecified atom stereocenters. The van der Waals surface area contributed by atoms with Crippen molar-refractivity contribution in [2.24, 2.45) is 5.73 Å². The van der Waals surface area contributed by atoms with E-state index in [4.69, 9.17) is 5.73 Å². The van der Waals surface area contributed by atoms with Crippen LogP contribution >= 0.6 is 0 Å². The predicted molar refractivity (Wildman–Crippen MR) is 73.6 cm³/mol. The lowest BCUT2D eigenvalue weighted by atomic mass is 9.81. The molecular weight excluding hydrogens is 281 g/mol. The Morgan fingerprint density at radius 3 is 2.76 bits per heavy atom. The van der Waals surface area contributed by atoms with Crippen LogP contribution in [-0.4, -0.2) is 18.5 Å². The first-order valence-electron chi connectivity index (χ1n) is 7.06. The minimum Gasteiger partial charge on any atom is -0.352 e. The van der Waals surface area contributed by atoms with Crippen molar-refractivity contribution in [2.45, 2.75) is 43.8 Å². The lowest BCUT2D eigenvalue weighted by Gasteiger charge is -2.30. The van der Waals surface area contributed by atoms with Crippen molar-refractivity contribution >= 4 is 5.91 Å². The van der Waals surface area contributed by atoms with Crippen molar-refractivity contribution in [3.63, 3.8) is 0 Å². The molecule has 1 aliphatic rings. The molecule has 0 heterocycles. The van der Waals surface area contributed by atoms with Gasteiger partial charge in [0.2, 0.25) is 5.91 Å². The number of rotatable bonds is 3. The van der Waals surface area contributed by atoms with Gasteiger partial charge in [-0.2, -0.15) is 13.2 Å². The molecule has 3 N–H and O–H groups in total. The second-order valence-corrected chi connectivity index (χ2v) is 5.46. The zero-order chi connectivity index (χ0) is 15.5. The summed E-state index contributed by atoms with van der Waals surface area (Å²) in [5, 5.41) is 2.83. The second kappa shape index (κ2) is 6.47. The van der Waals surface area contributed by atoms with Crippen LogP contribution in [0.2, 0.25) is 0 Å². The average molecular weight is 300 g/mol. The molecule has 2 atom stereocenters. The number of benzene rings is 1. The van der Waals surface area contributed by atoms with Crippen molar-refractivity contribution in [1.29, 1.82) is 0 Å². The summed E-state index contributed by atoms with van der Waals surface area (Å²) < 4.78 is 38.3. The average Bonchev–Trinajstić information content (AvgIpc) is 2.46. The summed E-state index contributed by atoms with van der Waals surface area (Å²) >= 11 is 0. The van der Waals surface area contributed by atoms with E-state index in [1.165, 1.54) is 12.1 Å². The Balaban J connectivity index is 2.09. The highest BCUT2D eigenvalue weighted by Gasteiger charge is 2.31. The van der Waals surface area contributed by atoms with Gasteiger partial charge in [0.1, 0.15) is 0 Å². The van der Waals surface area contributed by atoms with Crippen LogP contribution in [0.25, 0.3) is 0 Å². The minimum atomic E-state index is -4.32. The number of hydrogen-bond donors (Lipinski definition) is 2. The van der Waals surface area contributed by atoms with Gasteiger partial charge in [0.15, 0.2) is 0 Å². The van der Waals surface area contributed by atoms with Gasteiger partial charge in [0, 0.05) is 6.04 Å². The Morgan fingerprint density at radius 1 is 1.33 bits per heavy atom. The third-order valence-electron chi connectivity index (χ3n) is 3.91. The molecule has 1 aliphatic carbocycles. The fraction of sp³-hybridized carbons (Fsp3) is 0.533. The first-order chi connectivity index (χ1) is 9.90. The zero-order valence-corrected chi connectivity index (χ0v) is 11.6. The minimum absolute atomic E-state index is 0.00524. The highest BCUT2D eigenvalue weighted by molar-refractivity contribution is 5.78. The van der Waals surface area contributed by atoms with Gasteiger partial charge in [-0.15, -0.1) is 0 Å². The van der Waals surface area contributed by atoms with E-state index in [9.17, 15) is 18.0 Å². The molecule has 0 aromatic heterocycles. The SMILES string of the molecule is NCC(=O)NC1CCCC(c2cccc(C(F)(F)F)c2)C1. The standard InChI is InChI=1S/C15H19F3N2O/c16-15(17,18)12-5-1-3-10(7-12)11-4-2-6-13(8-11)20-14(21)9-19/h1,3,5,7,11,13H,2,4,6,8-9,19H2,(H,20,21). The van der Waals surface area contributed by atoms with Crippen molar-refractivity contribution in [2.75, 3.05) is 6.54 Å². The summed E-state index contributed by atoms with van der Waals surface area (Å²) in [5.41, 5.74) is 5.34. The Labute approximate surface area is 121 Å². The van der Waals surface area contributed by atoms with Gasteiger partial charge in [0.25, 0.3) is 0 Å². The summed E-state index contributed by atoms with van der Waals surface area (Å²) in [4.78, 5) is 11.3. The maximum Gasteiger partial charge on any atom is 0.416 e. The normalized spacial score (nSPS) is 22.9. The molecule has 116 valence electrons. The lowest BCUT2D eigenvalue weighted by Crippen LogP contribution is -2.41. The van der Waals surface area contributed by atoms with Crippen molar-refractivity contribution in [3.8, 4) is 0 Å². The van der Waals surface area contributed by atoms with E-state index in [1.807, 2.05) is 0 Å². The summed E-state index contributed by atoms with van der Waals surface area (Å²) in [6, 6.07) is 5.47. The smallest absolute Gasteiger partial charge is 0.352 e. The molecule has 1 aromatic carbocycles. The Kier molecular flexibility index (Phi) is 4.88. The van der Waals surface area contributed by atoms with Crippen molar-refractivity contribution < 1.29 is 18.0 Å². The summed E-state index contributed by atoms with van der Waals surface area (Å²) in [7, 11) is 0. The van der Waals surface area contributed by atoms with Gasteiger partial charge in [-0.3, -0.25) is 4.79 Å². The Bertz CT molecular complexity index is 502. The summed E-state index contributed by atoms with van der Waals surface area (Å²) in [5.74, 6) is -0.172. The number of halogens is 3. The van der Waals surface area contributed by atoms with Gasteiger partial charge < -0.3 is 11.1 Å². The Morgan fingerprint density at radius 2 is 2.10 bits per heavy atom. The highest BCUT2D eigenvalue weighted by Crippen LogP contribution is 2.36. The first-order valence-corrected chi connectivity index (χ1v) is 7.06. The molecule has 1 amide bonds. The molecule has 0 spiro atoms. The number of alkyl halides is 3. The molecule has 0 radical (unpaired) electrons. The zero-order valence-electron chi connectivity index (χ0n) is 11.6. The number of carbonyl (C=O) groups is 1. The number of amides is 1. The van der Waals surface area contributed by atoms with Crippen molar-refractivity contribution in [3.05, 3.63) is 35.4 Å². The molecule has 0 bridgehead atoms. The third-order valence-corrected chi connectivity index (χ3v) is 3.91. The predicted octanol–water partition coefficient (Wildman–Crippen LogP) is 2.81. The Hall–Kier alpha value is -1.56. The lowest BCUT2D eigenvalue weighted by molar-refractivity contribution is -0.137. The molecule has 0 saturated heterocycles. The monoisotopic (exact) mass is 300 g/mol. The maximum atomic E-state index is 12.8. The van der Waals surface area contributed by atoms with Crippen LogP contribution < -0.4 is 11.1 Å². The molecule has 1 saturated carbocycles. The molecule has 2 rings (SSSR count).